The summed E-state index contributed by atoms with van der Waals surface area (Å²) in [6, 6.07) is 17.3. The van der Waals surface area contributed by atoms with Gasteiger partial charge in [0, 0.05) is 16.6 Å². The van der Waals surface area contributed by atoms with Gasteiger partial charge in [0.2, 0.25) is 5.91 Å². The number of para-hydroxylation sites is 1. The third kappa shape index (κ3) is 4.97. The molecular formula is C27H21F3N4O2S. The minimum atomic E-state index is -4.59. The minimum absolute atomic E-state index is 0.00472. The summed E-state index contributed by atoms with van der Waals surface area (Å²) in [5, 5.41) is 3.64. The zero-order valence-corrected chi connectivity index (χ0v) is 20.6. The van der Waals surface area contributed by atoms with Gasteiger partial charge in [-0.3, -0.25) is 14.2 Å². The molecule has 0 aliphatic carbocycles. The van der Waals surface area contributed by atoms with Crippen LogP contribution in [0.2, 0.25) is 0 Å². The molecule has 6 nitrogen and oxygen atoms in total. The SMILES string of the molecule is Cc1cc(C)cc(NC(=O)CSc2nc3c([nH]c4ccccc43)c(=O)n2-c2cccc(C(F)(F)F)c2)c1. The molecule has 188 valence electrons. The van der Waals surface area contributed by atoms with Crippen molar-refractivity contribution in [3.63, 3.8) is 0 Å². The number of carbonyl (C=O) groups is 1. The second-order valence-corrected chi connectivity index (χ2v) is 9.63. The highest BCUT2D eigenvalue weighted by Crippen LogP contribution is 2.32. The minimum Gasteiger partial charge on any atom is -0.349 e. The smallest absolute Gasteiger partial charge is 0.349 e. The number of aromatic nitrogens is 3. The lowest BCUT2D eigenvalue weighted by molar-refractivity contribution is -0.137. The average Bonchev–Trinajstić information content (AvgIpc) is 3.21. The summed E-state index contributed by atoms with van der Waals surface area (Å²) >= 11 is 0.977. The van der Waals surface area contributed by atoms with Crippen LogP contribution in [-0.4, -0.2) is 26.2 Å². The topological polar surface area (TPSA) is 79.8 Å². The number of hydrogen-bond acceptors (Lipinski definition) is 4. The van der Waals surface area contributed by atoms with E-state index in [1.54, 1.807) is 24.3 Å². The van der Waals surface area contributed by atoms with Crippen molar-refractivity contribution in [1.82, 2.24) is 14.5 Å². The van der Waals surface area contributed by atoms with Gasteiger partial charge in [0.25, 0.3) is 5.56 Å². The fraction of sp³-hybridized carbons (Fsp3) is 0.148. The van der Waals surface area contributed by atoms with Gasteiger partial charge in [-0.15, -0.1) is 0 Å². The predicted molar refractivity (Wildman–Crippen MR) is 139 cm³/mol. The molecule has 37 heavy (non-hydrogen) atoms. The average molecular weight is 523 g/mol. The van der Waals surface area contributed by atoms with Crippen molar-refractivity contribution >= 4 is 45.3 Å². The summed E-state index contributed by atoms with van der Waals surface area (Å²) in [6.07, 6.45) is -4.59. The molecule has 0 radical (unpaired) electrons. The number of aromatic amines is 1. The first-order valence-electron chi connectivity index (χ1n) is 11.3. The lowest BCUT2D eigenvalue weighted by Crippen LogP contribution is -2.23. The highest BCUT2D eigenvalue weighted by molar-refractivity contribution is 7.99. The number of hydrogen-bond donors (Lipinski definition) is 2. The Bertz CT molecular complexity index is 1700. The Labute approximate surface area is 213 Å². The molecule has 0 fully saturated rings. The highest BCUT2D eigenvalue weighted by Gasteiger charge is 2.31. The Morgan fingerprint density at radius 1 is 1.03 bits per heavy atom. The number of amides is 1. The number of halogens is 3. The van der Waals surface area contributed by atoms with Gasteiger partial charge >= 0.3 is 6.18 Å². The van der Waals surface area contributed by atoms with E-state index in [2.05, 4.69) is 15.3 Å². The van der Waals surface area contributed by atoms with Crippen molar-refractivity contribution in [1.29, 1.82) is 0 Å². The highest BCUT2D eigenvalue weighted by atomic mass is 32.2. The van der Waals surface area contributed by atoms with Crippen molar-refractivity contribution < 1.29 is 18.0 Å². The molecule has 2 heterocycles. The molecule has 5 rings (SSSR count). The van der Waals surface area contributed by atoms with Gasteiger partial charge < -0.3 is 10.3 Å². The van der Waals surface area contributed by atoms with Crippen LogP contribution in [0.4, 0.5) is 18.9 Å². The molecule has 2 N–H and O–H groups in total. The van der Waals surface area contributed by atoms with E-state index in [0.29, 0.717) is 22.1 Å². The lowest BCUT2D eigenvalue weighted by Gasteiger charge is -2.14. The van der Waals surface area contributed by atoms with E-state index in [9.17, 15) is 22.8 Å². The first kappa shape index (κ1) is 24.6. The summed E-state index contributed by atoms with van der Waals surface area (Å²) in [6.45, 7) is 3.84. The van der Waals surface area contributed by atoms with E-state index >= 15 is 0 Å². The van der Waals surface area contributed by atoms with Crippen molar-refractivity contribution in [2.45, 2.75) is 25.2 Å². The molecule has 0 spiro atoms. The molecule has 0 unspecified atom stereocenters. The molecule has 0 atom stereocenters. The van der Waals surface area contributed by atoms with Crippen LogP contribution in [0.15, 0.2) is 76.7 Å². The zero-order valence-electron chi connectivity index (χ0n) is 19.8. The largest absolute Gasteiger partial charge is 0.416 e. The second kappa shape index (κ2) is 9.44. The number of carbonyl (C=O) groups excluding carboxylic acids is 1. The van der Waals surface area contributed by atoms with Gasteiger partial charge in [0.15, 0.2) is 5.16 Å². The maximum Gasteiger partial charge on any atom is 0.416 e. The van der Waals surface area contributed by atoms with Crippen LogP contribution in [0.3, 0.4) is 0 Å². The number of rotatable bonds is 5. The molecule has 10 heteroatoms. The number of nitrogens with one attached hydrogen (secondary N) is 2. The lowest BCUT2D eigenvalue weighted by atomic mass is 10.1. The Hall–Kier alpha value is -4.05. The van der Waals surface area contributed by atoms with Gasteiger partial charge in [-0.05, 0) is 61.4 Å². The van der Waals surface area contributed by atoms with Crippen molar-refractivity contribution in [3.8, 4) is 5.69 Å². The maximum absolute atomic E-state index is 13.6. The molecule has 0 aliphatic heterocycles. The number of nitrogens with zero attached hydrogens (tertiary/aromatic N) is 2. The number of H-pyrrole nitrogens is 1. The molecule has 0 bridgehead atoms. The summed E-state index contributed by atoms with van der Waals surface area (Å²) in [4.78, 5) is 34.0. The Morgan fingerprint density at radius 3 is 2.49 bits per heavy atom. The normalized spacial score (nSPS) is 11.8. The maximum atomic E-state index is 13.6. The van der Waals surface area contributed by atoms with Gasteiger partial charge in [0.1, 0.15) is 11.0 Å². The van der Waals surface area contributed by atoms with Gasteiger partial charge in [-0.2, -0.15) is 13.2 Å². The number of anilines is 1. The van der Waals surface area contributed by atoms with Crippen LogP contribution in [-0.2, 0) is 11.0 Å². The Morgan fingerprint density at radius 2 is 1.76 bits per heavy atom. The molecular weight excluding hydrogens is 501 g/mol. The van der Waals surface area contributed by atoms with Crippen molar-refractivity contribution in [3.05, 3.63) is 93.8 Å². The standard InChI is InChI=1S/C27H21F3N4O2S/c1-15-10-16(2)12-18(11-15)31-22(35)14-37-26-33-23-20-8-3-4-9-21(20)32-24(23)25(36)34(26)19-7-5-6-17(13-19)27(28,29)30/h3-13,32H,14H2,1-2H3,(H,31,35). The first-order chi connectivity index (χ1) is 17.6. The third-order valence-corrected chi connectivity index (χ3v) is 6.70. The first-order valence-corrected chi connectivity index (χ1v) is 12.3. The summed E-state index contributed by atoms with van der Waals surface area (Å²) in [7, 11) is 0. The predicted octanol–water partition coefficient (Wildman–Crippen LogP) is 6.23. The van der Waals surface area contributed by atoms with E-state index in [1.165, 1.54) is 12.1 Å². The number of aryl methyl sites for hydroxylation is 2. The monoisotopic (exact) mass is 522 g/mol. The Balaban J connectivity index is 1.58. The van der Waals surface area contributed by atoms with Crippen LogP contribution < -0.4 is 10.9 Å². The number of fused-ring (bicyclic) bond motifs is 3. The molecule has 1 amide bonds. The summed E-state index contributed by atoms with van der Waals surface area (Å²) in [5.74, 6) is -0.439. The Kier molecular flexibility index (Phi) is 6.28. The molecule has 3 aromatic carbocycles. The fourth-order valence-corrected chi connectivity index (χ4v) is 5.07. The van der Waals surface area contributed by atoms with E-state index in [-0.39, 0.29) is 28.0 Å². The van der Waals surface area contributed by atoms with E-state index in [1.807, 2.05) is 32.0 Å². The molecule has 2 aromatic heterocycles. The quantitative estimate of drug-likeness (QED) is 0.212. The molecule has 0 saturated heterocycles. The van der Waals surface area contributed by atoms with Crippen molar-refractivity contribution in [2.75, 3.05) is 11.1 Å². The van der Waals surface area contributed by atoms with Crippen molar-refractivity contribution in [2.24, 2.45) is 0 Å². The number of thioether (sulfide) groups is 1. The molecule has 0 saturated carbocycles. The van der Waals surface area contributed by atoms with Crippen LogP contribution in [0.1, 0.15) is 16.7 Å². The van der Waals surface area contributed by atoms with Crippen LogP contribution in [0, 0.1) is 13.8 Å². The summed E-state index contributed by atoms with van der Waals surface area (Å²) < 4.78 is 41.4. The van der Waals surface area contributed by atoms with Gasteiger partial charge in [0.05, 0.1) is 17.0 Å². The molecule has 0 aliphatic rings. The zero-order chi connectivity index (χ0) is 26.3. The summed E-state index contributed by atoms with van der Waals surface area (Å²) in [5.41, 5.74) is 2.41. The second-order valence-electron chi connectivity index (χ2n) is 8.69. The van der Waals surface area contributed by atoms with Gasteiger partial charge in [-0.1, -0.05) is 42.1 Å². The van der Waals surface area contributed by atoms with Crippen LogP contribution in [0.5, 0.6) is 0 Å². The number of benzene rings is 3. The van der Waals surface area contributed by atoms with E-state index in [0.717, 1.165) is 39.6 Å². The van der Waals surface area contributed by atoms with Gasteiger partial charge in [-0.25, -0.2) is 4.98 Å². The number of alkyl halides is 3. The van der Waals surface area contributed by atoms with Crippen LogP contribution >= 0.6 is 11.8 Å². The molecule has 5 aromatic rings. The van der Waals surface area contributed by atoms with E-state index in [4.69, 9.17) is 0 Å². The van der Waals surface area contributed by atoms with Crippen LogP contribution in [0.25, 0.3) is 27.6 Å². The fourth-order valence-electron chi connectivity index (χ4n) is 4.26. The van der Waals surface area contributed by atoms with E-state index < -0.39 is 17.3 Å². The third-order valence-electron chi connectivity index (χ3n) is 5.76.